The molecule has 3 aromatic rings. The third-order valence-electron chi connectivity index (χ3n) is 5.21. The minimum atomic E-state index is -0.534. The van der Waals surface area contributed by atoms with Gasteiger partial charge in [0, 0.05) is 35.6 Å². The predicted octanol–water partition coefficient (Wildman–Crippen LogP) is 4.46. The van der Waals surface area contributed by atoms with Crippen molar-refractivity contribution in [1.29, 1.82) is 0 Å². The highest BCUT2D eigenvalue weighted by molar-refractivity contribution is 5.86. The van der Waals surface area contributed by atoms with Crippen molar-refractivity contribution in [2.45, 2.75) is 20.3 Å². The van der Waals surface area contributed by atoms with Crippen LogP contribution in [0.1, 0.15) is 18.2 Å². The highest BCUT2D eigenvalue weighted by atomic mass is 16.6. The van der Waals surface area contributed by atoms with Crippen molar-refractivity contribution in [3.8, 4) is 17.1 Å². The van der Waals surface area contributed by atoms with E-state index in [2.05, 4.69) is 24.1 Å². The molecule has 1 fully saturated rings. The zero-order valence-corrected chi connectivity index (χ0v) is 17.8. The van der Waals surface area contributed by atoms with Gasteiger partial charge in [-0.2, -0.15) is 0 Å². The third kappa shape index (κ3) is 5.00. The van der Waals surface area contributed by atoms with Crippen molar-refractivity contribution < 1.29 is 14.3 Å². The van der Waals surface area contributed by atoms with E-state index in [0.717, 1.165) is 42.1 Å². The van der Waals surface area contributed by atoms with Crippen LogP contribution in [0.2, 0.25) is 0 Å². The van der Waals surface area contributed by atoms with Crippen molar-refractivity contribution in [1.82, 2.24) is 9.97 Å². The van der Waals surface area contributed by atoms with E-state index in [4.69, 9.17) is 19.4 Å². The molecular formula is C24H26N4O3. The van der Waals surface area contributed by atoms with E-state index >= 15 is 0 Å². The van der Waals surface area contributed by atoms with Gasteiger partial charge in [-0.25, -0.2) is 14.8 Å². The highest BCUT2D eigenvalue weighted by Crippen LogP contribution is 2.27. The average molecular weight is 418 g/mol. The first-order valence-corrected chi connectivity index (χ1v) is 10.5. The first kappa shape index (κ1) is 20.8. The van der Waals surface area contributed by atoms with E-state index < -0.39 is 6.09 Å². The highest BCUT2D eigenvalue weighted by Gasteiger charge is 2.19. The summed E-state index contributed by atoms with van der Waals surface area (Å²) in [6.45, 7) is 7.24. The summed E-state index contributed by atoms with van der Waals surface area (Å²) in [5.41, 5.74) is 3.71. The lowest BCUT2D eigenvalue weighted by Crippen LogP contribution is -2.37. The monoisotopic (exact) mass is 418 g/mol. The molecule has 1 N–H and O–H groups in total. The van der Waals surface area contributed by atoms with Gasteiger partial charge in [0.2, 0.25) is 0 Å². The summed E-state index contributed by atoms with van der Waals surface area (Å²) in [6.07, 6.45) is 0.299. The molecule has 1 aliphatic heterocycles. The second-order valence-corrected chi connectivity index (χ2v) is 7.30. The average Bonchev–Trinajstić information content (AvgIpc) is 2.81. The fraction of sp³-hybridized carbons (Fsp3) is 0.292. The Morgan fingerprint density at radius 1 is 1.06 bits per heavy atom. The number of morpholine rings is 1. The molecule has 0 atom stereocenters. The molecule has 1 aliphatic rings. The van der Waals surface area contributed by atoms with Crippen molar-refractivity contribution in [3.63, 3.8) is 0 Å². The summed E-state index contributed by atoms with van der Waals surface area (Å²) >= 11 is 0. The third-order valence-corrected chi connectivity index (χ3v) is 5.21. The molecule has 31 heavy (non-hydrogen) atoms. The Kier molecular flexibility index (Phi) is 6.43. The molecule has 160 valence electrons. The second-order valence-electron chi connectivity index (χ2n) is 7.30. The van der Waals surface area contributed by atoms with Crippen LogP contribution < -0.4 is 15.0 Å². The van der Waals surface area contributed by atoms with Crippen LogP contribution in [0.4, 0.5) is 16.3 Å². The molecule has 7 heteroatoms. The molecule has 0 aliphatic carbocycles. The van der Waals surface area contributed by atoms with Gasteiger partial charge in [0.15, 0.2) is 5.82 Å². The molecule has 0 radical (unpaired) electrons. The van der Waals surface area contributed by atoms with Crippen LogP contribution in [0.15, 0.2) is 54.6 Å². The van der Waals surface area contributed by atoms with Gasteiger partial charge in [-0.15, -0.1) is 0 Å². The van der Waals surface area contributed by atoms with Crippen LogP contribution in [0.5, 0.6) is 5.75 Å². The summed E-state index contributed by atoms with van der Waals surface area (Å²) < 4.78 is 10.9. The summed E-state index contributed by atoms with van der Waals surface area (Å²) in [5, 5.41) is 2.70. The number of nitrogens with one attached hydrogen (secondary N) is 1. The number of nitrogens with zero attached hydrogens (tertiary/aromatic N) is 3. The summed E-state index contributed by atoms with van der Waals surface area (Å²) in [7, 11) is 0. The number of benzene rings is 2. The largest absolute Gasteiger partial charge is 0.417 e. The molecule has 0 saturated carbocycles. The number of ether oxygens (including phenoxy) is 2. The van der Waals surface area contributed by atoms with Crippen LogP contribution in [0, 0.1) is 6.92 Å². The number of amides is 1. The maximum atomic E-state index is 12.1. The van der Waals surface area contributed by atoms with Gasteiger partial charge < -0.3 is 14.4 Å². The summed E-state index contributed by atoms with van der Waals surface area (Å²) in [4.78, 5) is 24.0. The molecule has 1 amide bonds. The van der Waals surface area contributed by atoms with E-state index in [-0.39, 0.29) is 0 Å². The fourth-order valence-electron chi connectivity index (χ4n) is 3.55. The maximum absolute atomic E-state index is 12.1. The molecular weight excluding hydrogens is 392 g/mol. The smallest absolute Gasteiger partial charge is 0.410 e. The lowest BCUT2D eigenvalue weighted by Gasteiger charge is -2.29. The van der Waals surface area contributed by atoms with E-state index in [9.17, 15) is 4.79 Å². The lowest BCUT2D eigenvalue weighted by molar-refractivity contribution is 0.122. The fourth-order valence-corrected chi connectivity index (χ4v) is 3.55. The Balaban J connectivity index is 1.52. The first-order chi connectivity index (χ1) is 15.1. The van der Waals surface area contributed by atoms with Gasteiger partial charge in [0.05, 0.1) is 13.2 Å². The molecule has 2 aromatic carbocycles. The number of hydrogen-bond acceptors (Lipinski definition) is 6. The van der Waals surface area contributed by atoms with Crippen molar-refractivity contribution >= 4 is 17.6 Å². The van der Waals surface area contributed by atoms with Gasteiger partial charge in [-0.1, -0.05) is 25.1 Å². The number of carbonyl (C=O) groups excluding carboxylic acids is 1. The van der Waals surface area contributed by atoms with Gasteiger partial charge in [0.1, 0.15) is 11.6 Å². The van der Waals surface area contributed by atoms with E-state index in [0.29, 0.717) is 30.5 Å². The normalized spacial score (nSPS) is 13.7. The molecule has 1 aromatic heterocycles. The van der Waals surface area contributed by atoms with Crippen LogP contribution in [0.3, 0.4) is 0 Å². The minimum Gasteiger partial charge on any atom is -0.410 e. The predicted molar refractivity (Wildman–Crippen MR) is 121 cm³/mol. The number of anilines is 2. The molecule has 7 nitrogen and oxygen atoms in total. The Morgan fingerprint density at radius 3 is 2.45 bits per heavy atom. The van der Waals surface area contributed by atoms with Gasteiger partial charge in [-0.3, -0.25) is 5.32 Å². The molecule has 0 bridgehead atoms. The molecule has 1 saturated heterocycles. The number of rotatable bonds is 5. The topological polar surface area (TPSA) is 76.6 Å². The second kappa shape index (κ2) is 9.57. The van der Waals surface area contributed by atoms with Gasteiger partial charge in [0.25, 0.3) is 0 Å². The van der Waals surface area contributed by atoms with Crippen molar-refractivity contribution in [3.05, 3.63) is 65.9 Å². The zero-order chi connectivity index (χ0) is 21.6. The maximum Gasteiger partial charge on any atom is 0.417 e. The quantitative estimate of drug-likeness (QED) is 0.659. The van der Waals surface area contributed by atoms with Crippen LogP contribution in [-0.2, 0) is 11.2 Å². The Bertz CT molecular complexity index is 1030. The Hall–Kier alpha value is -3.45. The van der Waals surface area contributed by atoms with E-state index in [1.807, 2.05) is 30.3 Å². The van der Waals surface area contributed by atoms with Crippen LogP contribution in [0.25, 0.3) is 11.4 Å². The SMILES string of the molecule is CCc1nc(-c2ccc(OC(=O)Nc3ccccc3)cc2)nc(N2CCOCC2)c1C. The standard InChI is InChI=1S/C24H26N4O3/c1-3-21-17(2)23(28-13-15-30-16-14-28)27-22(26-21)18-9-11-20(12-10-18)31-24(29)25-19-7-5-4-6-8-19/h4-12H,3,13-16H2,1-2H3,(H,25,29). The van der Waals surface area contributed by atoms with Crippen LogP contribution >= 0.6 is 0 Å². The van der Waals surface area contributed by atoms with Crippen LogP contribution in [-0.4, -0.2) is 42.4 Å². The number of para-hydroxylation sites is 1. The molecule has 0 spiro atoms. The number of carbonyl (C=O) groups is 1. The van der Waals surface area contributed by atoms with Crippen molar-refractivity contribution in [2.75, 3.05) is 36.5 Å². The molecule has 0 unspecified atom stereocenters. The van der Waals surface area contributed by atoms with Gasteiger partial charge in [-0.05, 0) is 49.7 Å². The lowest BCUT2D eigenvalue weighted by atomic mass is 10.1. The Morgan fingerprint density at radius 2 is 1.77 bits per heavy atom. The summed E-state index contributed by atoms with van der Waals surface area (Å²) in [6, 6.07) is 16.4. The molecule has 2 heterocycles. The minimum absolute atomic E-state index is 0.452. The van der Waals surface area contributed by atoms with Gasteiger partial charge >= 0.3 is 6.09 Å². The first-order valence-electron chi connectivity index (χ1n) is 10.5. The summed E-state index contributed by atoms with van der Waals surface area (Å²) in [5.74, 6) is 2.09. The molecule has 4 rings (SSSR count). The van der Waals surface area contributed by atoms with E-state index in [1.54, 1.807) is 24.3 Å². The number of hydrogen-bond donors (Lipinski definition) is 1. The zero-order valence-electron chi connectivity index (χ0n) is 17.8. The number of aryl methyl sites for hydroxylation is 1. The Labute approximate surface area is 182 Å². The number of aromatic nitrogens is 2. The van der Waals surface area contributed by atoms with E-state index in [1.165, 1.54) is 0 Å². The van der Waals surface area contributed by atoms with Crippen molar-refractivity contribution in [2.24, 2.45) is 0 Å².